The Bertz CT molecular complexity index is 1340. The van der Waals surface area contributed by atoms with Gasteiger partial charge < -0.3 is 14.5 Å². The topological polar surface area (TPSA) is 88.7 Å². The van der Waals surface area contributed by atoms with Crippen LogP contribution in [0.25, 0.3) is 10.9 Å². The normalized spacial score (nSPS) is 16.5. The van der Waals surface area contributed by atoms with E-state index in [0.717, 1.165) is 48.6 Å². The zero-order chi connectivity index (χ0) is 23.0. The van der Waals surface area contributed by atoms with Crippen molar-refractivity contribution in [2.45, 2.75) is 56.5 Å². The maximum absolute atomic E-state index is 13.8. The lowest BCUT2D eigenvalue weighted by Crippen LogP contribution is -2.39. The number of sulfonamides is 1. The summed E-state index contributed by atoms with van der Waals surface area (Å²) >= 11 is 0. The SMILES string of the molecule is CCc1ccc2[nH]c(=O)c(CN(C3CCCC3)S(=O)(=O)c3ccc4c(c3)OCCO4)cc2c1. The van der Waals surface area contributed by atoms with E-state index in [0.29, 0.717) is 30.3 Å². The van der Waals surface area contributed by atoms with Gasteiger partial charge in [-0.1, -0.05) is 25.8 Å². The van der Waals surface area contributed by atoms with Crippen molar-refractivity contribution in [3.05, 3.63) is 63.9 Å². The molecule has 1 N–H and O–H groups in total. The maximum Gasteiger partial charge on any atom is 0.252 e. The van der Waals surface area contributed by atoms with E-state index in [1.807, 2.05) is 24.3 Å². The minimum Gasteiger partial charge on any atom is -0.486 e. The Morgan fingerprint density at radius 1 is 1.00 bits per heavy atom. The highest BCUT2D eigenvalue weighted by Crippen LogP contribution is 2.35. The molecule has 0 bridgehead atoms. The number of hydrogen-bond donors (Lipinski definition) is 1. The van der Waals surface area contributed by atoms with Crippen molar-refractivity contribution in [2.75, 3.05) is 13.2 Å². The van der Waals surface area contributed by atoms with E-state index < -0.39 is 10.0 Å². The Hall–Kier alpha value is -2.84. The summed E-state index contributed by atoms with van der Waals surface area (Å²) in [5, 5.41) is 0.909. The Labute approximate surface area is 193 Å². The van der Waals surface area contributed by atoms with E-state index >= 15 is 0 Å². The highest BCUT2D eigenvalue weighted by Gasteiger charge is 2.34. The maximum atomic E-state index is 13.8. The van der Waals surface area contributed by atoms with Crippen molar-refractivity contribution in [3.8, 4) is 11.5 Å². The van der Waals surface area contributed by atoms with E-state index in [9.17, 15) is 13.2 Å². The van der Waals surface area contributed by atoms with Gasteiger partial charge in [0.2, 0.25) is 10.0 Å². The molecule has 33 heavy (non-hydrogen) atoms. The van der Waals surface area contributed by atoms with Crippen LogP contribution in [0.15, 0.2) is 52.2 Å². The molecule has 1 aliphatic heterocycles. The molecule has 7 nitrogen and oxygen atoms in total. The van der Waals surface area contributed by atoms with Crippen molar-refractivity contribution in [2.24, 2.45) is 0 Å². The number of fused-ring (bicyclic) bond motifs is 2. The average Bonchev–Trinajstić information content (AvgIpc) is 3.36. The molecule has 2 aromatic carbocycles. The predicted molar refractivity (Wildman–Crippen MR) is 126 cm³/mol. The number of hydrogen-bond acceptors (Lipinski definition) is 5. The van der Waals surface area contributed by atoms with Gasteiger partial charge in [0, 0.05) is 29.7 Å². The second-order valence-corrected chi connectivity index (χ2v) is 10.6. The monoisotopic (exact) mass is 468 g/mol. The third-order valence-corrected chi connectivity index (χ3v) is 8.47. The first-order valence-corrected chi connectivity index (χ1v) is 13.0. The molecule has 0 spiro atoms. The minimum atomic E-state index is -3.85. The minimum absolute atomic E-state index is 0.0308. The standard InChI is InChI=1S/C25H28N2O5S/c1-2-17-7-9-22-18(13-17)14-19(25(28)26-22)16-27(20-5-3-4-6-20)33(29,30)21-8-10-23-24(15-21)32-12-11-31-23/h7-10,13-15,20H,2-6,11-12,16H2,1H3,(H,26,28). The molecule has 1 aliphatic carbocycles. The molecular formula is C25H28N2O5S. The van der Waals surface area contributed by atoms with Gasteiger partial charge in [0.15, 0.2) is 11.5 Å². The first-order valence-electron chi connectivity index (χ1n) is 11.5. The molecule has 0 saturated heterocycles. The smallest absolute Gasteiger partial charge is 0.252 e. The summed E-state index contributed by atoms with van der Waals surface area (Å²) in [5.41, 5.74) is 2.11. The molecule has 2 heterocycles. The van der Waals surface area contributed by atoms with Gasteiger partial charge in [-0.3, -0.25) is 4.79 Å². The molecular weight excluding hydrogens is 440 g/mol. The van der Waals surface area contributed by atoms with Crippen LogP contribution >= 0.6 is 0 Å². The summed E-state index contributed by atoms with van der Waals surface area (Å²) in [6.45, 7) is 2.94. The number of aryl methyl sites for hydroxylation is 1. The number of aromatic amines is 1. The van der Waals surface area contributed by atoms with Gasteiger partial charge in [0.25, 0.3) is 5.56 Å². The van der Waals surface area contributed by atoms with Gasteiger partial charge in [-0.05, 0) is 60.5 Å². The molecule has 0 atom stereocenters. The van der Waals surface area contributed by atoms with Crippen LogP contribution in [0.1, 0.15) is 43.7 Å². The second-order valence-electron chi connectivity index (χ2n) is 8.69. The summed E-state index contributed by atoms with van der Waals surface area (Å²) in [4.78, 5) is 16.0. The molecule has 3 aromatic rings. The molecule has 5 rings (SSSR count). The molecule has 8 heteroatoms. The predicted octanol–water partition coefficient (Wildman–Crippen LogP) is 4.00. The van der Waals surface area contributed by atoms with Crippen LogP contribution in [0.4, 0.5) is 0 Å². The summed E-state index contributed by atoms with van der Waals surface area (Å²) in [7, 11) is -3.85. The number of nitrogens with zero attached hydrogens (tertiary/aromatic N) is 1. The third kappa shape index (κ3) is 4.25. The first kappa shape index (κ1) is 22.0. The fraction of sp³-hybridized carbons (Fsp3) is 0.400. The largest absolute Gasteiger partial charge is 0.486 e. The fourth-order valence-electron chi connectivity index (χ4n) is 4.73. The van der Waals surface area contributed by atoms with Crippen LogP contribution in [-0.4, -0.2) is 37.0 Å². The van der Waals surface area contributed by atoms with Crippen LogP contribution in [0.2, 0.25) is 0 Å². The fourth-order valence-corrected chi connectivity index (χ4v) is 6.41. The highest BCUT2D eigenvalue weighted by atomic mass is 32.2. The number of pyridine rings is 1. The molecule has 0 radical (unpaired) electrons. The van der Waals surface area contributed by atoms with Crippen molar-refractivity contribution in [1.29, 1.82) is 0 Å². The lowest BCUT2D eigenvalue weighted by molar-refractivity contribution is 0.171. The molecule has 0 amide bonds. The van der Waals surface area contributed by atoms with Gasteiger partial charge in [0.05, 0.1) is 4.90 Å². The first-order chi connectivity index (χ1) is 16.0. The average molecular weight is 469 g/mol. The van der Waals surface area contributed by atoms with Gasteiger partial charge in [-0.25, -0.2) is 8.42 Å². The molecule has 0 unspecified atom stereocenters. The van der Waals surface area contributed by atoms with E-state index in [1.54, 1.807) is 12.1 Å². The summed E-state index contributed by atoms with van der Waals surface area (Å²) < 4.78 is 40.3. The number of ether oxygens (including phenoxy) is 2. The number of H-pyrrole nitrogens is 1. The third-order valence-electron chi connectivity index (χ3n) is 6.57. The molecule has 2 aliphatic rings. The van der Waals surface area contributed by atoms with Crippen LogP contribution in [0.5, 0.6) is 11.5 Å². The summed E-state index contributed by atoms with van der Waals surface area (Å²) in [5.74, 6) is 0.981. The van der Waals surface area contributed by atoms with E-state index in [-0.39, 0.29) is 23.0 Å². The zero-order valence-corrected chi connectivity index (χ0v) is 19.5. The van der Waals surface area contributed by atoms with Crippen molar-refractivity contribution in [3.63, 3.8) is 0 Å². The van der Waals surface area contributed by atoms with Gasteiger partial charge in [-0.2, -0.15) is 4.31 Å². The lowest BCUT2D eigenvalue weighted by Gasteiger charge is -2.28. The number of aromatic nitrogens is 1. The summed E-state index contributed by atoms with van der Waals surface area (Å²) in [6.07, 6.45) is 4.42. The van der Waals surface area contributed by atoms with Crippen LogP contribution in [0, 0.1) is 0 Å². The number of benzene rings is 2. The Morgan fingerprint density at radius 2 is 1.76 bits per heavy atom. The van der Waals surface area contributed by atoms with Gasteiger partial charge in [0.1, 0.15) is 13.2 Å². The number of nitrogens with one attached hydrogen (secondary N) is 1. The van der Waals surface area contributed by atoms with Crippen molar-refractivity contribution in [1.82, 2.24) is 9.29 Å². The van der Waals surface area contributed by atoms with E-state index in [2.05, 4.69) is 11.9 Å². The highest BCUT2D eigenvalue weighted by molar-refractivity contribution is 7.89. The number of rotatable bonds is 6. The molecule has 1 aromatic heterocycles. The zero-order valence-electron chi connectivity index (χ0n) is 18.7. The van der Waals surface area contributed by atoms with Crippen molar-refractivity contribution >= 4 is 20.9 Å². The van der Waals surface area contributed by atoms with Crippen LogP contribution < -0.4 is 15.0 Å². The Balaban J connectivity index is 1.55. The van der Waals surface area contributed by atoms with E-state index in [1.165, 1.54) is 10.4 Å². The Kier molecular flexibility index (Phi) is 5.88. The van der Waals surface area contributed by atoms with Gasteiger partial charge in [-0.15, -0.1) is 0 Å². The Morgan fingerprint density at radius 3 is 2.52 bits per heavy atom. The lowest BCUT2D eigenvalue weighted by atomic mass is 10.1. The molecule has 174 valence electrons. The molecule has 1 saturated carbocycles. The quantitative estimate of drug-likeness (QED) is 0.591. The second kappa shape index (κ2) is 8.83. The van der Waals surface area contributed by atoms with Crippen LogP contribution in [0.3, 0.4) is 0 Å². The van der Waals surface area contributed by atoms with Gasteiger partial charge >= 0.3 is 0 Å². The summed E-state index contributed by atoms with van der Waals surface area (Å²) in [6, 6.07) is 12.4. The molecule has 1 fully saturated rings. The van der Waals surface area contributed by atoms with E-state index in [4.69, 9.17) is 9.47 Å². The van der Waals surface area contributed by atoms with Crippen molar-refractivity contribution < 1.29 is 17.9 Å². The van der Waals surface area contributed by atoms with Crippen LogP contribution in [-0.2, 0) is 23.0 Å².